The van der Waals surface area contributed by atoms with Gasteiger partial charge in [-0.15, -0.1) is 0 Å². The Kier molecular flexibility index (Phi) is 3.24. The Morgan fingerprint density at radius 3 is 3.00 bits per heavy atom. The van der Waals surface area contributed by atoms with E-state index >= 15 is 0 Å². The molecule has 1 unspecified atom stereocenters. The van der Waals surface area contributed by atoms with Crippen LogP contribution in [0.25, 0.3) is 0 Å². The van der Waals surface area contributed by atoms with Crippen LogP contribution in [0.4, 0.5) is 11.8 Å². The third-order valence-electron chi connectivity index (χ3n) is 3.16. The minimum atomic E-state index is 0.495. The number of hydrogen-bond donors (Lipinski definition) is 2. The van der Waals surface area contributed by atoms with Crippen LogP contribution in [0.2, 0.25) is 0 Å². The highest BCUT2D eigenvalue weighted by molar-refractivity contribution is 5.45. The van der Waals surface area contributed by atoms with Crippen molar-refractivity contribution in [3.05, 3.63) is 11.8 Å². The zero-order valence-electron chi connectivity index (χ0n) is 9.90. The van der Waals surface area contributed by atoms with Crippen molar-refractivity contribution in [1.29, 1.82) is 0 Å². The Hall–Kier alpha value is -1.36. The molecule has 0 spiro atoms. The fraction of sp³-hybridized carbons (Fsp3) is 0.636. The molecular formula is C11H19N5. The molecule has 0 amide bonds. The molecule has 2 heterocycles. The third-order valence-corrected chi connectivity index (χ3v) is 3.16. The molecule has 16 heavy (non-hydrogen) atoms. The van der Waals surface area contributed by atoms with Crippen LogP contribution in [0.15, 0.2) is 6.07 Å². The summed E-state index contributed by atoms with van der Waals surface area (Å²) in [6.45, 7) is 6.38. The summed E-state index contributed by atoms with van der Waals surface area (Å²) in [5.41, 5.74) is 3.45. The predicted octanol–water partition coefficient (Wildman–Crippen LogP) is 1.31. The molecule has 0 saturated carbocycles. The minimum Gasteiger partial charge on any atom is -0.356 e. The summed E-state index contributed by atoms with van der Waals surface area (Å²) in [7, 11) is 0. The lowest BCUT2D eigenvalue weighted by Crippen LogP contribution is -2.22. The van der Waals surface area contributed by atoms with E-state index in [1.165, 1.54) is 12.8 Å². The molecule has 2 rings (SSSR count). The number of nitrogen functional groups attached to an aromatic ring is 1. The number of rotatable bonds is 3. The molecule has 0 bridgehead atoms. The summed E-state index contributed by atoms with van der Waals surface area (Å²) in [6.07, 6.45) is 2.49. The number of anilines is 2. The summed E-state index contributed by atoms with van der Waals surface area (Å²) in [5.74, 6) is 7.62. The molecule has 1 aromatic heterocycles. The molecule has 1 fully saturated rings. The topological polar surface area (TPSA) is 67.1 Å². The molecule has 0 radical (unpaired) electrons. The molecule has 3 N–H and O–H groups in total. The summed E-state index contributed by atoms with van der Waals surface area (Å²) in [6, 6.07) is 2.01. The SMILES string of the molecule is CCC1CCN(c2cc(C)nc(NN)n2)C1. The van der Waals surface area contributed by atoms with Gasteiger partial charge in [0.1, 0.15) is 5.82 Å². The Labute approximate surface area is 96.0 Å². The highest BCUT2D eigenvalue weighted by Gasteiger charge is 2.22. The second kappa shape index (κ2) is 4.65. The van der Waals surface area contributed by atoms with E-state index in [2.05, 4.69) is 27.2 Å². The highest BCUT2D eigenvalue weighted by Crippen LogP contribution is 2.24. The van der Waals surface area contributed by atoms with Crippen LogP contribution >= 0.6 is 0 Å². The smallest absolute Gasteiger partial charge is 0.239 e. The first-order valence-corrected chi connectivity index (χ1v) is 5.80. The maximum atomic E-state index is 5.35. The number of hydrogen-bond acceptors (Lipinski definition) is 5. The molecule has 5 heteroatoms. The maximum Gasteiger partial charge on any atom is 0.239 e. The molecule has 1 saturated heterocycles. The average molecular weight is 221 g/mol. The second-order valence-corrected chi connectivity index (χ2v) is 4.34. The summed E-state index contributed by atoms with van der Waals surface area (Å²) < 4.78 is 0. The second-order valence-electron chi connectivity index (χ2n) is 4.34. The Morgan fingerprint density at radius 2 is 2.38 bits per heavy atom. The number of aryl methyl sites for hydroxylation is 1. The van der Waals surface area contributed by atoms with Gasteiger partial charge in [0, 0.05) is 24.8 Å². The first-order valence-electron chi connectivity index (χ1n) is 5.80. The van der Waals surface area contributed by atoms with Crippen molar-refractivity contribution in [2.24, 2.45) is 11.8 Å². The van der Waals surface area contributed by atoms with Crippen molar-refractivity contribution >= 4 is 11.8 Å². The maximum absolute atomic E-state index is 5.35. The predicted molar refractivity (Wildman–Crippen MR) is 65.2 cm³/mol. The molecule has 1 aliphatic heterocycles. The lowest BCUT2D eigenvalue weighted by Gasteiger charge is -2.18. The van der Waals surface area contributed by atoms with Crippen molar-refractivity contribution in [3.63, 3.8) is 0 Å². The zero-order valence-corrected chi connectivity index (χ0v) is 9.90. The van der Waals surface area contributed by atoms with Gasteiger partial charge in [0.2, 0.25) is 5.95 Å². The Balaban J connectivity index is 2.17. The number of nitrogens with one attached hydrogen (secondary N) is 1. The van der Waals surface area contributed by atoms with Gasteiger partial charge in [0.25, 0.3) is 0 Å². The lowest BCUT2D eigenvalue weighted by atomic mass is 10.1. The number of hydrazine groups is 1. The van der Waals surface area contributed by atoms with Gasteiger partial charge in [0.15, 0.2) is 0 Å². The first kappa shape index (κ1) is 11.1. The molecule has 0 aliphatic carbocycles. The van der Waals surface area contributed by atoms with Gasteiger partial charge < -0.3 is 4.90 Å². The van der Waals surface area contributed by atoms with Crippen LogP contribution in [0.1, 0.15) is 25.5 Å². The van der Waals surface area contributed by atoms with Gasteiger partial charge in [-0.1, -0.05) is 13.3 Å². The van der Waals surface area contributed by atoms with Gasteiger partial charge in [0.05, 0.1) is 0 Å². The quantitative estimate of drug-likeness (QED) is 0.595. The van der Waals surface area contributed by atoms with E-state index in [9.17, 15) is 0 Å². The van der Waals surface area contributed by atoms with Gasteiger partial charge in [-0.2, -0.15) is 4.98 Å². The largest absolute Gasteiger partial charge is 0.356 e. The van der Waals surface area contributed by atoms with Gasteiger partial charge in [-0.25, -0.2) is 10.8 Å². The number of nitrogens with two attached hydrogens (primary N) is 1. The van der Waals surface area contributed by atoms with Crippen LogP contribution in [-0.2, 0) is 0 Å². The summed E-state index contributed by atoms with van der Waals surface area (Å²) in [4.78, 5) is 10.9. The van der Waals surface area contributed by atoms with E-state index < -0.39 is 0 Å². The zero-order chi connectivity index (χ0) is 11.5. The van der Waals surface area contributed by atoms with Gasteiger partial charge in [-0.3, -0.25) is 5.43 Å². The minimum absolute atomic E-state index is 0.495. The van der Waals surface area contributed by atoms with Crippen molar-refractivity contribution in [2.45, 2.75) is 26.7 Å². The normalized spacial score (nSPS) is 20.2. The molecule has 88 valence electrons. The molecule has 1 aromatic rings. The van der Waals surface area contributed by atoms with Crippen molar-refractivity contribution in [1.82, 2.24) is 9.97 Å². The van der Waals surface area contributed by atoms with E-state index in [4.69, 9.17) is 5.84 Å². The Morgan fingerprint density at radius 1 is 1.56 bits per heavy atom. The van der Waals surface area contributed by atoms with Crippen LogP contribution < -0.4 is 16.2 Å². The van der Waals surface area contributed by atoms with Gasteiger partial charge in [-0.05, 0) is 19.3 Å². The lowest BCUT2D eigenvalue weighted by molar-refractivity contribution is 0.568. The van der Waals surface area contributed by atoms with E-state index in [-0.39, 0.29) is 0 Å². The van der Waals surface area contributed by atoms with Crippen molar-refractivity contribution in [2.75, 3.05) is 23.4 Å². The van der Waals surface area contributed by atoms with Crippen LogP contribution in [-0.4, -0.2) is 23.1 Å². The van der Waals surface area contributed by atoms with Crippen molar-refractivity contribution in [3.8, 4) is 0 Å². The average Bonchev–Trinajstić information content (AvgIpc) is 2.76. The van der Waals surface area contributed by atoms with Crippen LogP contribution in [0.3, 0.4) is 0 Å². The van der Waals surface area contributed by atoms with E-state index in [0.717, 1.165) is 30.5 Å². The van der Waals surface area contributed by atoms with Crippen LogP contribution in [0, 0.1) is 12.8 Å². The fourth-order valence-electron chi connectivity index (χ4n) is 2.15. The van der Waals surface area contributed by atoms with E-state index in [1.807, 2.05) is 13.0 Å². The Bertz CT molecular complexity index is 365. The standard InChI is InChI=1S/C11H19N5/c1-3-9-4-5-16(7-9)10-6-8(2)13-11(14-10)15-12/h6,9H,3-5,7,12H2,1-2H3,(H,13,14,15). The summed E-state index contributed by atoms with van der Waals surface area (Å²) in [5, 5.41) is 0. The van der Waals surface area contributed by atoms with E-state index in [0.29, 0.717) is 5.95 Å². The fourth-order valence-corrected chi connectivity index (χ4v) is 2.15. The molecule has 0 aromatic carbocycles. The molecular weight excluding hydrogens is 202 g/mol. The monoisotopic (exact) mass is 221 g/mol. The van der Waals surface area contributed by atoms with Crippen molar-refractivity contribution < 1.29 is 0 Å². The first-order chi connectivity index (χ1) is 7.72. The highest BCUT2D eigenvalue weighted by atomic mass is 15.3. The third kappa shape index (κ3) is 2.24. The van der Waals surface area contributed by atoms with Crippen LogP contribution in [0.5, 0.6) is 0 Å². The number of aromatic nitrogens is 2. The van der Waals surface area contributed by atoms with E-state index in [1.54, 1.807) is 0 Å². The molecule has 1 atom stereocenters. The molecule has 1 aliphatic rings. The summed E-state index contributed by atoms with van der Waals surface area (Å²) >= 11 is 0. The molecule has 5 nitrogen and oxygen atoms in total. The van der Waals surface area contributed by atoms with Gasteiger partial charge >= 0.3 is 0 Å². The number of nitrogens with zero attached hydrogens (tertiary/aromatic N) is 3.